The first-order chi connectivity index (χ1) is 9.54. The molecule has 0 spiro atoms. The summed E-state index contributed by atoms with van der Waals surface area (Å²) < 4.78 is 0. The molecular weight excluding hydrogens is 244 g/mol. The van der Waals surface area contributed by atoms with E-state index in [9.17, 15) is 0 Å². The van der Waals surface area contributed by atoms with Gasteiger partial charge < -0.3 is 10.6 Å². The predicted molar refractivity (Wildman–Crippen MR) is 86.6 cm³/mol. The molecule has 0 radical (unpaired) electrons. The lowest BCUT2D eigenvalue weighted by Gasteiger charge is -2.40. The average molecular weight is 274 g/mol. The second-order valence-corrected chi connectivity index (χ2v) is 6.88. The molecule has 1 aliphatic heterocycles. The lowest BCUT2D eigenvalue weighted by Crippen LogP contribution is -2.42. The minimum Gasteiger partial charge on any atom is -0.324 e. The van der Waals surface area contributed by atoms with E-state index in [4.69, 9.17) is 5.73 Å². The molecule has 20 heavy (non-hydrogen) atoms. The van der Waals surface area contributed by atoms with Crippen LogP contribution in [0.3, 0.4) is 0 Å². The highest BCUT2D eigenvalue weighted by molar-refractivity contribution is 5.19. The quantitative estimate of drug-likeness (QED) is 0.884. The van der Waals surface area contributed by atoms with E-state index >= 15 is 0 Å². The molecule has 1 saturated heterocycles. The van der Waals surface area contributed by atoms with Crippen LogP contribution in [0.2, 0.25) is 0 Å². The van der Waals surface area contributed by atoms with Crippen LogP contribution in [0.4, 0.5) is 0 Å². The Bertz CT molecular complexity index is 393. The van der Waals surface area contributed by atoms with Crippen molar-refractivity contribution in [3.8, 4) is 0 Å². The van der Waals surface area contributed by atoms with Crippen LogP contribution in [0.1, 0.15) is 51.6 Å². The monoisotopic (exact) mass is 274 g/mol. The molecule has 2 rings (SSSR count). The maximum Gasteiger partial charge on any atom is 0.0333 e. The number of piperidine rings is 1. The lowest BCUT2D eigenvalue weighted by atomic mass is 9.78. The van der Waals surface area contributed by atoms with E-state index in [0.29, 0.717) is 11.3 Å². The molecule has 2 N–H and O–H groups in total. The van der Waals surface area contributed by atoms with Crippen LogP contribution in [0, 0.1) is 11.3 Å². The molecule has 0 aromatic heterocycles. The number of nitrogens with two attached hydrogens (primary N) is 1. The second kappa shape index (κ2) is 6.73. The molecule has 1 aromatic carbocycles. The summed E-state index contributed by atoms with van der Waals surface area (Å²) in [6.45, 7) is 10.6. The fourth-order valence-electron chi connectivity index (χ4n) is 3.15. The fourth-order valence-corrected chi connectivity index (χ4v) is 3.15. The number of rotatable bonds is 5. The SMILES string of the molecule is CCC1(C)CCN(CC(C)C(N)c2ccccc2)CC1. The molecule has 1 aliphatic rings. The number of hydrogen-bond donors (Lipinski definition) is 1. The van der Waals surface area contributed by atoms with Gasteiger partial charge in [-0.15, -0.1) is 0 Å². The van der Waals surface area contributed by atoms with E-state index in [1.54, 1.807) is 0 Å². The van der Waals surface area contributed by atoms with Crippen LogP contribution in [0.15, 0.2) is 30.3 Å². The summed E-state index contributed by atoms with van der Waals surface area (Å²) in [7, 11) is 0. The summed E-state index contributed by atoms with van der Waals surface area (Å²) >= 11 is 0. The van der Waals surface area contributed by atoms with Gasteiger partial charge in [0.1, 0.15) is 0 Å². The highest BCUT2D eigenvalue weighted by Gasteiger charge is 2.29. The number of nitrogens with zero attached hydrogens (tertiary/aromatic N) is 1. The van der Waals surface area contributed by atoms with Gasteiger partial charge >= 0.3 is 0 Å². The van der Waals surface area contributed by atoms with E-state index in [1.807, 2.05) is 0 Å². The third-order valence-corrected chi connectivity index (χ3v) is 5.26. The standard InChI is InChI=1S/C18H30N2/c1-4-18(3)10-12-20(13-11-18)14-15(2)17(19)16-8-6-5-7-9-16/h5-9,15,17H,4,10-14,19H2,1-3H3. The normalized spacial score (nSPS) is 22.4. The maximum atomic E-state index is 6.41. The van der Waals surface area contributed by atoms with Crippen LogP contribution >= 0.6 is 0 Å². The molecule has 0 bridgehead atoms. The minimum atomic E-state index is 0.149. The van der Waals surface area contributed by atoms with Gasteiger partial charge in [-0.2, -0.15) is 0 Å². The molecule has 0 amide bonds. The smallest absolute Gasteiger partial charge is 0.0333 e. The zero-order valence-electron chi connectivity index (χ0n) is 13.3. The Morgan fingerprint density at radius 1 is 1.20 bits per heavy atom. The van der Waals surface area contributed by atoms with Crippen molar-refractivity contribution in [3.05, 3.63) is 35.9 Å². The van der Waals surface area contributed by atoms with Gasteiger partial charge in [0.05, 0.1) is 0 Å². The Hall–Kier alpha value is -0.860. The highest BCUT2D eigenvalue weighted by Crippen LogP contribution is 2.34. The molecule has 1 fully saturated rings. The van der Waals surface area contributed by atoms with Gasteiger partial charge in [-0.05, 0) is 42.8 Å². The molecule has 1 aromatic rings. The van der Waals surface area contributed by atoms with Crippen molar-refractivity contribution in [3.63, 3.8) is 0 Å². The van der Waals surface area contributed by atoms with Crippen molar-refractivity contribution in [1.82, 2.24) is 4.90 Å². The second-order valence-electron chi connectivity index (χ2n) is 6.88. The van der Waals surface area contributed by atoms with E-state index < -0.39 is 0 Å². The van der Waals surface area contributed by atoms with E-state index in [1.165, 1.54) is 37.9 Å². The Labute approximate surface area is 124 Å². The van der Waals surface area contributed by atoms with Gasteiger partial charge in [0.25, 0.3) is 0 Å². The van der Waals surface area contributed by atoms with Gasteiger partial charge in [-0.25, -0.2) is 0 Å². The van der Waals surface area contributed by atoms with Crippen LogP contribution in [0.25, 0.3) is 0 Å². The van der Waals surface area contributed by atoms with Gasteiger partial charge in [-0.1, -0.05) is 57.5 Å². The van der Waals surface area contributed by atoms with Crippen molar-refractivity contribution >= 4 is 0 Å². The first-order valence-electron chi connectivity index (χ1n) is 8.07. The van der Waals surface area contributed by atoms with Crippen molar-refractivity contribution in [2.75, 3.05) is 19.6 Å². The van der Waals surface area contributed by atoms with Gasteiger partial charge in [0, 0.05) is 12.6 Å². The Balaban J connectivity index is 1.85. The Morgan fingerprint density at radius 3 is 2.35 bits per heavy atom. The molecule has 112 valence electrons. The highest BCUT2D eigenvalue weighted by atomic mass is 15.1. The number of hydrogen-bond acceptors (Lipinski definition) is 2. The third-order valence-electron chi connectivity index (χ3n) is 5.26. The first kappa shape index (κ1) is 15.5. The van der Waals surface area contributed by atoms with Crippen molar-refractivity contribution in [2.45, 2.75) is 46.1 Å². The van der Waals surface area contributed by atoms with Gasteiger partial charge in [0.2, 0.25) is 0 Å². The predicted octanol–water partition coefficient (Wildman–Crippen LogP) is 3.83. The molecule has 2 heteroatoms. The zero-order valence-corrected chi connectivity index (χ0v) is 13.3. The van der Waals surface area contributed by atoms with Crippen LogP contribution < -0.4 is 5.73 Å². The fraction of sp³-hybridized carbons (Fsp3) is 0.667. The molecule has 1 heterocycles. The van der Waals surface area contributed by atoms with E-state index in [2.05, 4.69) is 56.0 Å². The lowest BCUT2D eigenvalue weighted by molar-refractivity contribution is 0.0996. The molecule has 0 aliphatic carbocycles. The molecule has 2 unspecified atom stereocenters. The summed E-state index contributed by atoms with van der Waals surface area (Å²) in [6, 6.07) is 10.6. The zero-order chi connectivity index (χ0) is 14.6. The number of likely N-dealkylation sites (tertiary alicyclic amines) is 1. The number of benzene rings is 1. The topological polar surface area (TPSA) is 29.3 Å². The summed E-state index contributed by atoms with van der Waals surface area (Å²) in [4.78, 5) is 2.60. The maximum absolute atomic E-state index is 6.41. The average Bonchev–Trinajstić information content (AvgIpc) is 2.50. The third kappa shape index (κ3) is 3.83. The van der Waals surface area contributed by atoms with E-state index in [-0.39, 0.29) is 6.04 Å². The molecule has 2 atom stereocenters. The molecule has 2 nitrogen and oxygen atoms in total. The molecule has 0 saturated carbocycles. The van der Waals surface area contributed by atoms with Crippen LogP contribution in [-0.4, -0.2) is 24.5 Å². The van der Waals surface area contributed by atoms with Gasteiger partial charge in [0.15, 0.2) is 0 Å². The largest absolute Gasteiger partial charge is 0.324 e. The van der Waals surface area contributed by atoms with Crippen molar-refractivity contribution < 1.29 is 0 Å². The Kier molecular flexibility index (Phi) is 5.22. The van der Waals surface area contributed by atoms with Gasteiger partial charge in [-0.3, -0.25) is 0 Å². The summed E-state index contributed by atoms with van der Waals surface area (Å²) in [5.41, 5.74) is 8.24. The van der Waals surface area contributed by atoms with E-state index in [0.717, 1.165) is 6.54 Å². The summed E-state index contributed by atoms with van der Waals surface area (Å²) in [6.07, 6.45) is 3.97. The van der Waals surface area contributed by atoms with Crippen LogP contribution in [-0.2, 0) is 0 Å². The molecular formula is C18H30N2. The summed E-state index contributed by atoms with van der Waals surface area (Å²) in [5.74, 6) is 0.503. The summed E-state index contributed by atoms with van der Waals surface area (Å²) in [5, 5.41) is 0. The first-order valence-corrected chi connectivity index (χ1v) is 8.07. The van der Waals surface area contributed by atoms with Crippen LogP contribution in [0.5, 0.6) is 0 Å². The minimum absolute atomic E-state index is 0.149. The van der Waals surface area contributed by atoms with Crippen molar-refractivity contribution in [2.24, 2.45) is 17.1 Å². The Morgan fingerprint density at radius 2 is 1.80 bits per heavy atom. The van der Waals surface area contributed by atoms with Crippen molar-refractivity contribution in [1.29, 1.82) is 0 Å².